The molecule has 0 radical (unpaired) electrons. The van der Waals surface area contributed by atoms with E-state index in [0.29, 0.717) is 17.3 Å². The third-order valence-corrected chi connectivity index (χ3v) is 5.32. The zero-order valence-corrected chi connectivity index (χ0v) is 16.1. The number of hydrogen-bond donors (Lipinski definition) is 0. The standard InChI is InChI=1S/C20H19ClN4O2/c1-11-7-12(2)16(13(3)8-11)10-24-18-17(22-23-24)19(26)25(20(18)27)15-6-4-5-14(21)9-15/h4-9,17-18H,10H2,1-3H3. The SMILES string of the molecule is Cc1cc(C)c(CN2N=NC3C(=O)N(c4cccc(Cl)c4)C(=O)C32)c(C)c1. The fourth-order valence-electron chi connectivity index (χ4n) is 3.84. The monoisotopic (exact) mass is 382 g/mol. The minimum absolute atomic E-state index is 0.320. The number of imide groups is 1. The van der Waals surface area contributed by atoms with Gasteiger partial charge in [0.25, 0.3) is 11.8 Å². The highest BCUT2D eigenvalue weighted by molar-refractivity contribution is 6.31. The number of carbonyl (C=O) groups excluding carboxylic acids is 2. The van der Waals surface area contributed by atoms with Crippen molar-refractivity contribution in [2.24, 2.45) is 10.3 Å². The zero-order valence-electron chi connectivity index (χ0n) is 15.3. The minimum Gasteiger partial charge on any atom is -0.271 e. The number of hydrogen-bond acceptors (Lipinski definition) is 5. The average Bonchev–Trinajstić information content (AvgIpc) is 3.11. The van der Waals surface area contributed by atoms with Gasteiger partial charge in [-0.2, -0.15) is 5.11 Å². The molecule has 2 amide bonds. The van der Waals surface area contributed by atoms with Gasteiger partial charge in [-0.15, -0.1) is 0 Å². The molecular weight excluding hydrogens is 364 g/mol. The molecule has 0 bridgehead atoms. The summed E-state index contributed by atoms with van der Waals surface area (Å²) in [5, 5.41) is 10.3. The van der Waals surface area contributed by atoms with Crippen LogP contribution in [0.4, 0.5) is 5.69 Å². The fraction of sp³-hybridized carbons (Fsp3) is 0.300. The smallest absolute Gasteiger partial charge is 0.263 e. The Kier molecular flexibility index (Phi) is 4.23. The van der Waals surface area contributed by atoms with Crippen molar-refractivity contribution in [3.63, 3.8) is 0 Å². The topological polar surface area (TPSA) is 65.3 Å². The molecule has 2 aromatic carbocycles. The second-order valence-corrected chi connectivity index (χ2v) is 7.50. The van der Waals surface area contributed by atoms with Crippen LogP contribution in [0.3, 0.4) is 0 Å². The summed E-state index contributed by atoms with van der Waals surface area (Å²) in [6.07, 6.45) is 0. The Bertz CT molecular complexity index is 965. The maximum Gasteiger partial charge on any atom is 0.263 e. The molecule has 0 aliphatic carbocycles. The molecule has 0 saturated carbocycles. The van der Waals surface area contributed by atoms with E-state index in [1.807, 2.05) is 13.8 Å². The highest BCUT2D eigenvalue weighted by Gasteiger charge is 2.54. The number of benzene rings is 2. The first-order valence-electron chi connectivity index (χ1n) is 8.74. The van der Waals surface area contributed by atoms with E-state index in [1.54, 1.807) is 29.3 Å². The first kappa shape index (κ1) is 17.7. The Hall–Kier alpha value is -2.73. The average molecular weight is 383 g/mol. The normalized spacial score (nSPS) is 21.3. The number of amides is 2. The number of carbonyl (C=O) groups is 2. The molecular formula is C20H19ClN4O2. The lowest BCUT2D eigenvalue weighted by Crippen LogP contribution is -2.39. The van der Waals surface area contributed by atoms with E-state index < -0.39 is 12.1 Å². The van der Waals surface area contributed by atoms with Gasteiger partial charge in [-0.05, 0) is 55.7 Å². The summed E-state index contributed by atoms with van der Waals surface area (Å²) in [6.45, 7) is 6.57. The van der Waals surface area contributed by atoms with E-state index in [4.69, 9.17) is 11.6 Å². The van der Waals surface area contributed by atoms with Crippen LogP contribution in [0.1, 0.15) is 22.3 Å². The summed E-state index contributed by atoms with van der Waals surface area (Å²) in [7, 11) is 0. The van der Waals surface area contributed by atoms with Crippen molar-refractivity contribution < 1.29 is 9.59 Å². The van der Waals surface area contributed by atoms with Gasteiger partial charge >= 0.3 is 0 Å². The molecule has 0 spiro atoms. The van der Waals surface area contributed by atoms with Gasteiger partial charge < -0.3 is 0 Å². The van der Waals surface area contributed by atoms with Crippen molar-refractivity contribution in [1.29, 1.82) is 0 Å². The molecule has 4 rings (SSSR count). The van der Waals surface area contributed by atoms with E-state index in [1.165, 1.54) is 10.5 Å². The molecule has 138 valence electrons. The Morgan fingerprint density at radius 1 is 1.04 bits per heavy atom. The van der Waals surface area contributed by atoms with Crippen LogP contribution in [0.2, 0.25) is 5.02 Å². The van der Waals surface area contributed by atoms with E-state index in [-0.39, 0.29) is 11.8 Å². The van der Waals surface area contributed by atoms with E-state index in [2.05, 4.69) is 29.4 Å². The molecule has 1 fully saturated rings. The Morgan fingerprint density at radius 3 is 2.41 bits per heavy atom. The van der Waals surface area contributed by atoms with Crippen molar-refractivity contribution >= 4 is 29.1 Å². The van der Waals surface area contributed by atoms with E-state index >= 15 is 0 Å². The van der Waals surface area contributed by atoms with Gasteiger partial charge in [-0.1, -0.05) is 40.6 Å². The van der Waals surface area contributed by atoms with Crippen molar-refractivity contribution in [2.75, 3.05) is 4.90 Å². The van der Waals surface area contributed by atoms with Crippen molar-refractivity contribution in [1.82, 2.24) is 5.01 Å². The van der Waals surface area contributed by atoms with Gasteiger partial charge in [0.05, 0.1) is 12.2 Å². The number of rotatable bonds is 3. The van der Waals surface area contributed by atoms with Crippen LogP contribution < -0.4 is 4.90 Å². The highest BCUT2D eigenvalue weighted by atomic mass is 35.5. The van der Waals surface area contributed by atoms with Gasteiger partial charge in [-0.3, -0.25) is 14.6 Å². The molecule has 1 saturated heterocycles. The predicted octanol–water partition coefficient (Wildman–Crippen LogP) is 3.76. The molecule has 2 heterocycles. The summed E-state index contributed by atoms with van der Waals surface area (Å²) in [5.41, 5.74) is 5.02. The van der Waals surface area contributed by atoms with Gasteiger partial charge in [0.2, 0.25) is 0 Å². The Balaban J connectivity index is 1.64. The lowest BCUT2D eigenvalue weighted by Gasteiger charge is -2.22. The highest BCUT2D eigenvalue weighted by Crippen LogP contribution is 2.34. The fourth-order valence-corrected chi connectivity index (χ4v) is 4.03. The van der Waals surface area contributed by atoms with Crippen molar-refractivity contribution in [2.45, 2.75) is 39.4 Å². The third-order valence-electron chi connectivity index (χ3n) is 5.08. The largest absolute Gasteiger partial charge is 0.271 e. The van der Waals surface area contributed by atoms with Crippen molar-refractivity contribution in [3.8, 4) is 0 Å². The number of fused-ring (bicyclic) bond motifs is 1. The van der Waals surface area contributed by atoms with Gasteiger partial charge in [0.1, 0.15) is 0 Å². The maximum atomic E-state index is 13.0. The summed E-state index contributed by atoms with van der Waals surface area (Å²) in [5.74, 6) is -0.685. The van der Waals surface area contributed by atoms with Gasteiger partial charge in [0.15, 0.2) is 12.1 Å². The molecule has 2 aromatic rings. The predicted molar refractivity (Wildman–Crippen MR) is 103 cm³/mol. The molecule has 6 nitrogen and oxygen atoms in total. The Morgan fingerprint density at radius 2 is 1.74 bits per heavy atom. The summed E-state index contributed by atoms with van der Waals surface area (Å²) in [4.78, 5) is 27.0. The summed E-state index contributed by atoms with van der Waals surface area (Å²) in [6, 6.07) is 9.40. The van der Waals surface area contributed by atoms with Crippen LogP contribution in [0, 0.1) is 20.8 Å². The second kappa shape index (κ2) is 6.46. The van der Waals surface area contributed by atoms with Crippen LogP contribution in [-0.4, -0.2) is 28.9 Å². The van der Waals surface area contributed by atoms with E-state index in [0.717, 1.165) is 16.7 Å². The molecule has 2 aliphatic rings. The number of halogens is 1. The van der Waals surface area contributed by atoms with Crippen LogP contribution in [-0.2, 0) is 16.1 Å². The molecule has 0 N–H and O–H groups in total. The van der Waals surface area contributed by atoms with Crippen LogP contribution in [0.25, 0.3) is 0 Å². The molecule has 27 heavy (non-hydrogen) atoms. The maximum absolute atomic E-state index is 13.0. The Labute approximate surface area is 162 Å². The lowest BCUT2D eigenvalue weighted by atomic mass is 9.99. The number of anilines is 1. The number of nitrogens with zero attached hydrogens (tertiary/aromatic N) is 4. The van der Waals surface area contributed by atoms with Crippen LogP contribution in [0.15, 0.2) is 46.7 Å². The molecule has 2 atom stereocenters. The van der Waals surface area contributed by atoms with Crippen molar-refractivity contribution in [3.05, 3.63) is 63.7 Å². The molecule has 7 heteroatoms. The minimum atomic E-state index is -0.803. The van der Waals surface area contributed by atoms with Crippen LogP contribution in [0.5, 0.6) is 0 Å². The zero-order chi connectivity index (χ0) is 19.3. The summed E-state index contributed by atoms with van der Waals surface area (Å²) < 4.78 is 0. The third kappa shape index (κ3) is 2.90. The van der Waals surface area contributed by atoms with Gasteiger partial charge in [-0.25, -0.2) is 4.90 Å². The lowest BCUT2D eigenvalue weighted by molar-refractivity contribution is -0.123. The summed E-state index contributed by atoms with van der Waals surface area (Å²) >= 11 is 6.02. The number of aryl methyl sites for hydroxylation is 3. The molecule has 2 unspecified atom stereocenters. The van der Waals surface area contributed by atoms with Gasteiger partial charge in [0, 0.05) is 5.02 Å². The first-order valence-corrected chi connectivity index (χ1v) is 9.12. The molecule has 2 aliphatic heterocycles. The van der Waals surface area contributed by atoms with Crippen LogP contribution >= 0.6 is 11.6 Å². The van der Waals surface area contributed by atoms with E-state index in [9.17, 15) is 9.59 Å². The molecule has 0 aromatic heterocycles. The second-order valence-electron chi connectivity index (χ2n) is 7.06. The first-order chi connectivity index (χ1) is 12.9. The quantitative estimate of drug-likeness (QED) is 0.759.